The summed E-state index contributed by atoms with van der Waals surface area (Å²) in [5, 5.41) is 3.09. The van der Waals surface area contributed by atoms with E-state index >= 15 is 0 Å². The lowest BCUT2D eigenvalue weighted by Crippen LogP contribution is -2.36. The van der Waals surface area contributed by atoms with Gasteiger partial charge in [-0.15, -0.1) is 0 Å². The van der Waals surface area contributed by atoms with Gasteiger partial charge in [-0.1, -0.05) is 19.3 Å². The molecule has 0 spiro atoms. The minimum absolute atomic E-state index is 0.0336. The van der Waals surface area contributed by atoms with Gasteiger partial charge in [-0.2, -0.15) is 0 Å². The van der Waals surface area contributed by atoms with Crippen LogP contribution in [0.4, 0.5) is 5.69 Å². The second-order valence-electron chi connectivity index (χ2n) is 6.19. The highest BCUT2D eigenvalue weighted by atomic mass is 16.5. The number of carbonyl (C=O) groups excluding carboxylic acids is 2. The van der Waals surface area contributed by atoms with Gasteiger partial charge in [0.15, 0.2) is 0 Å². The van der Waals surface area contributed by atoms with E-state index in [2.05, 4.69) is 10.3 Å². The van der Waals surface area contributed by atoms with Gasteiger partial charge < -0.3 is 10.1 Å². The molecule has 1 N–H and O–H groups in total. The molecule has 0 heterocycles. The molecule has 5 heteroatoms. The maximum atomic E-state index is 12.1. The highest BCUT2D eigenvalue weighted by molar-refractivity contribution is 6.01. The molecule has 1 fully saturated rings. The number of hydrogen-bond donors (Lipinski definition) is 1. The molecule has 0 bridgehead atoms. The van der Waals surface area contributed by atoms with Crippen molar-refractivity contribution in [1.82, 2.24) is 5.32 Å². The largest absolute Gasteiger partial charge is 0.462 e. The van der Waals surface area contributed by atoms with E-state index in [0.717, 1.165) is 24.2 Å². The summed E-state index contributed by atoms with van der Waals surface area (Å²) in [7, 11) is 0. The lowest BCUT2D eigenvalue weighted by atomic mass is 9.95. The normalized spacial score (nSPS) is 15.8. The van der Waals surface area contributed by atoms with Gasteiger partial charge >= 0.3 is 5.97 Å². The lowest BCUT2D eigenvalue weighted by Gasteiger charge is -2.22. The first kappa shape index (κ1) is 18.2. The van der Waals surface area contributed by atoms with E-state index < -0.39 is 0 Å². The maximum Gasteiger partial charge on any atom is 0.338 e. The summed E-state index contributed by atoms with van der Waals surface area (Å²) >= 11 is 0. The zero-order valence-corrected chi connectivity index (χ0v) is 14.5. The molecule has 24 heavy (non-hydrogen) atoms. The molecule has 0 saturated heterocycles. The summed E-state index contributed by atoms with van der Waals surface area (Å²) < 4.78 is 4.95. The summed E-state index contributed by atoms with van der Waals surface area (Å²) in [6.45, 7) is 3.98. The van der Waals surface area contributed by atoms with Crippen LogP contribution in [0.3, 0.4) is 0 Å². The van der Waals surface area contributed by atoms with Crippen molar-refractivity contribution in [3.05, 3.63) is 29.8 Å². The number of nitrogens with one attached hydrogen (secondary N) is 1. The molecule has 0 atom stereocenters. The molecule has 5 nitrogen and oxygen atoms in total. The Morgan fingerprint density at radius 2 is 1.83 bits per heavy atom. The van der Waals surface area contributed by atoms with Gasteiger partial charge in [0.25, 0.3) is 0 Å². The summed E-state index contributed by atoms with van der Waals surface area (Å²) in [6, 6.07) is 7.21. The van der Waals surface area contributed by atoms with Gasteiger partial charge in [-0.05, 0) is 51.0 Å². The number of benzene rings is 1. The summed E-state index contributed by atoms with van der Waals surface area (Å²) in [4.78, 5) is 28.1. The average Bonchev–Trinajstić information content (AvgIpc) is 2.56. The van der Waals surface area contributed by atoms with Crippen molar-refractivity contribution in [3.63, 3.8) is 0 Å². The fourth-order valence-corrected chi connectivity index (χ4v) is 2.90. The van der Waals surface area contributed by atoms with E-state index in [0.29, 0.717) is 24.6 Å². The zero-order chi connectivity index (χ0) is 17.4. The number of carbonyl (C=O) groups is 2. The highest BCUT2D eigenvalue weighted by Gasteiger charge is 2.15. The van der Waals surface area contributed by atoms with E-state index in [1.165, 1.54) is 19.3 Å². The van der Waals surface area contributed by atoms with Crippen LogP contribution in [-0.4, -0.2) is 30.2 Å². The van der Waals surface area contributed by atoms with E-state index in [4.69, 9.17) is 4.74 Å². The Hall–Kier alpha value is -2.17. The van der Waals surface area contributed by atoms with Gasteiger partial charge in [-0.3, -0.25) is 9.79 Å². The number of amides is 1. The van der Waals surface area contributed by atoms with Crippen LogP contribution in [0.1, 0.15) is 62.7 Å². The molecule has 1 saturated carbocycles. The number of esters is 1. The topological polar surface area (TPSA) is 67.8 Å². The first-order chi connectivity index (χ1) is 11.6. The summed E-state index contributed by atoms with van der Waals surface area (Å²) in [5.74, 6) is -0.303. The van der Waals surface area contributed by atoms with Crippen LogP contribution in [0.15, 0.2) is 29.3 Å². The fraction of sp³-hybridized carbons (Fsp3) is 0.526. The number of nitrogens with zero attached hydrogens (tertiary/aromatic N) is 1. The van der Waals surface area contributed by atoms with Gasteiger partial charge in [-0.25, -0.2) is 4.79 Å². The van der Waals surface area contributed by atoms with Crippen LogP contribution in [-0.2, 0) is 9.53 Å². The highest BCUT2D eigenvalue weighted by Crippen LogP contribution is 2.18. The van der Waals surface area contributed by atoms with Crippen LogP contribution < -0.4 is 5.32 Å². The van der Waals surface area contributed by atoms with Crippen LogP contribution >= 0.6 is 0 Å². The second kappa shape index (κ2) is 9.21. The molecule has 2 rings (SSSR count). The minimum Gasteiger partial charge on any atom is -0.462 e. The predicted molar refractivity (Wildman–Crippen MR) is 94.8 cm³/mol. The Morgan fingerprint density at radius 3 is 2.46 bits per heavy atom. The molecule has 0 unspecified atom stereocenters. The SMILES string of the molecule is CCOC(=O)c1ccc(N=C(C)CC(=O)NC2CCCCC2)cc1. The van der Waals surface area contributed by atoms with Gasteiger partial charge in [0.05, 0.1) is 24.3 Å². The van der Waals surface area contributed by atoms with E-state index in [9.17, 15) is 9.59 Å². The smallest absolute Gasteiger partial charge is 0.338 e. The van der Waals surface area contributed by atoms with Crippen LogP contribution in [0.5, 0.6) is 0 Å². The molecule has 0 aromatic heterocycles. The monoisotopic (exact) mass is 330 g/mol. The van der Waals surface area contributed by atoms with Crippen molar-refractivity contribution in [2.24, 2.45) is 4.99 Å². The molecule has 130 valence electrons. The quantitative estimate of drug-likeness (QED) is 0.637. The minimum atomic E-state index is -0.336. The molecule has 1 aliphatic rings. The third-order valence-corrected chi connectivity index (χ3v) is 4.09. The molecular formula is C19H26N2O3. The molecule has 1 aliphatic carbocycles. The Morgan fingerprint density at radius 1 is 1.17 bits per heavy atom. The zero-order valence-electron chi connectivity index (χ0n) is 14.5. The Kier molecular flexibility index (Phi) is 6.97. The Labute approximate surface area is 143 Å². The van der Waals surface area contributed by atoms with Gasteiger partial charge in [0.2, 0.25) is 5.91 Å². The van der Waals surface area contributed by atoms with Crippen molar-refractivity contribution in [2.45, 2.75) is 58.4 Å². The second-order valence-corrected chi connectivity index (χ2v) is 6.19. The van der Waals surface area contributed by atoms with Crippen LogP contribution in [0, 0.1) is 0 Å². The molecule has 1 amide bonds. The van der Waals surface area contributed by atoms with Crippen LogP contribution in [0.25, 0.3) is 0 Å². The summed E-state index contributed by atoms with van der Waals surface area (Å²) in [6.07, 6.45) is 6.13. The predicted octanol–water partition coefficient (Wildman–Crippen LogP) is 3.79. The van der Waals surface area contributed by atoms with Crippen molar-refractivity contribution in [1.29, 1.82) is 0 Å². The Balaban J connectivity index is 1.87. The third kappa shape index (κ3) is 5.80. The molecule has 1 aromatic rings. The maximum absolute atomic E-state index is 12.1. The molecule has 0 aliphatic heterocycles. The third-order valence-electron chi connectivity index (χ3n) is 4.09. The number of ether oxygens (including phenoxy) is 1. The standard InChI is InChI=1S/C19H26N2O3/c1-3-24-19(23)15-9-11-17(12-10-15)20-14(2)13-18(22)21-16-7-5-4-6-8-16/h9-12,16H,3-8,13H2,1-2H3,(H,21,22). The number of hydrogen-bond acceptors (Lipinski definition) is 4. The fourth-order valence-electron chi connectivity index (χ4n) is 2.90. The van der Waals surface area contributed by atoms with E-state index in [1.54, 1.807) is 31.2 Å². The molecule has 0 radical (unpaired) electrons. The number of rotatable bonds is 6. The summed E-state index contributed by atoms with van der Waals surface area (Å²) in [5.41, 5.74) is 1.99. The van der Waals surface area contributed by atoms with Gasteiger partial charge in [0.1, 0.15) is 0 Å². The first-order valence-corrected chi connectivity index (χ1v) is 8.69. The van der Waals surface area contributed by atoms with Crippen molar-refractivity contribution in [3.8, 4) is 0 Å². The Bertz CT molecular complexity index is 587. The van der Waals surface area contributed by atoms with Crippen LogP contribution in [0.2, 0.25) is 0 Å². The lowest BCUT2D eigenvalue weighted by molar-refractivity contribution is -0.120. The van der Waals surface area contributed by atoms with E-state index in [-0.39, 0.29) is 11.9 Å². The average molecular weight is 330 g/mol. The van der Waals surface area contributed by atoms with Crippen molar-refractivity contribution < 1.29 is 14.3 Å². The van der Waals surface area contributed by atoms with Crippen molar-refractivity contribution >= 4 is 23.3 Å². The molecule has 1 aromatic carbocycles. The van der Waals surface area contributed by atoms with E-state index in [1.807, 2.05) is 6.92 Å². The number of aliphatic imine (C=N–C) groups is 1. The molecular weight excluding hydrogens is 304 g/mol. The first-order valence-electron chi connectivity index (χ1n) is 8.69. The van der Waals surface area contributed by atoms with Crippen molar-refractivity contribution in [2.75, 3.05) is 6.61 Å². The van der Waals surface area contributed by atoms with Gasteiger partial charge in [0, 0.05) is 11.8 Å².